The average Bonchev–Trinajstić information content (AvgIpc) is 3.08. The van der Waals surface area contributed by atoms with E-state index in [-0.39, 0.29) is 5.75 Å². The number of aliphatic imine (C=N–C) groups is 1. The number of hydrogen-bond acceptors (Lipinski definition) is 4. The van der Waals surface area contributed by atoms with E-state index in [1.165, 1.54) is 5.69 Å². The van der Waals surface area contributed by atoms with Gasteiger partial charge in [-0.15, -0.1) is 0 Å². The molecule has 1 aromatic rings. The fourth-order valence-electron chi connectivity index (χ4n) is 3.76. The van der Waals surface area contributed by atoms with Crippen molar-refractivity contribution in [1.82, 2.24) is 10.2 Å². The van der Waals surface area contributed by atoms with Crippen molar-refractivity contribution in [3.8, 4) is 0 Å². The summed E-state index contributed by atoms with van der Waals surface area (Å²) in [7, 11) is -1.27. The first-order valence-electron chi connectivity index (χ1n) is 9.30. The number of nitrogens with zero attached hydrogens (tertiary/aromatic N) is 3. The molecule has 0 spiro atoms. The van der Waals surface area contributed by atoms with Crippen molar-refractivity contribution >= 4 is 21.5 Å². The van der Waals surface area contributed by atoms with E-state index in [0.29, 0.717) is 19.0 Å². The van der Waals surface area contributed by atoms with Crippen molar-refractivity contribution < 1.29 is 8.42 Å². The Balaban J connectivity index is 1.54. The predicted octanol–water partition coefficient (Wildman–Crippen LogP) is 1.60. The van der Waals surface area contributed by atoms with Gasteiger partial charge in [-0.2, -0.15) is 0 Å². The second-order valence-corrected chi connectivity index (χ2v) is 10.6. The number of guanidine groups is 1. The van der Waals surface area contributed by atoms with Gasteiger partial charge in [0.1, 0.15) is 0 Å². The molecule has 1 atom stereocenters. The minimum absolute atomic E-state index is 0.186. The molecule has 1 aromatic carbocycles. The van der Waals surface area contributed by atoms with Crippen molar-refractivity contribution in [3.05, 3.63) is 30.3 Å². The van der Waals surface area contributed by atoms with E-state index >= 15 is 0 Å². The summed E-state index contributed by atoms with van der Waals surface area (Å²) >= 11 is 0. The second-order valence-electron chi connectivity index (χ2n) is 7.86. The van der Waals surface area contributed by atoms with Crippen molar-refractivity contribution in [3.63, 3.8) is 0 Å². The fourth-order valence-corrected chi connectivity index (χ4v) is 5.13. The molecule has 1 unspecified atom stereocenters. The molecule has 26 heavy (non-hydrogen) atoms. The fraction of sp³-hybridized carbons (Fsp3) is 0.632. The summed E-state index contributed by atoms with van der Waals surface area (Å²) in [5.41, 5.74) is 1.28. The highest BCUT2D eigenvalue weighted by atomic mass is 32.2. The van der Waals surface area contributed by atoms with Gasteiger partial charge in [0.2, 0.25) is 0 Å². The molecule has 0 saturated carbocycles. The summed E-state index contributed by atoms with van der Waals surface area (Å²) in [4.78, 5) is 8.88. The van der Waals surface area contributed by atoms with Crippen LogP contribution >= 0.6 is 0 Å². The number of benzene rings is 1. The van der Waals surface area contributed by atoms with E-state index in [1.807, 2.05) is 6.07 Å². The van der Waals surface area contributed by atoms with Crippen molar-refractivity contribution in [1.29, 1.82) is 0 Å². The smallest absolute Gasteiger partial charge is 0.193 e. The molecule has 144 valence electrons. The summed E-state index contributed by atoms with van der Waals surface area (Å²) in [6.45, 7) is 7.56. The zero-order valence-electron chi connectivity index (χ0n) is 16.0. The third-order valence-corrected chi connectivity index (χ3v) is 8.04. The normalized spacial score (nSPS) is 25.3. The van der Waals surface area contributed by atoms with Crippen LogP contribution in [0, 0.1) is 5.92 Å². The van der Waals surface area contributed by atoms with Crippen LogP contribution in [-0.2, 0) is 9.84 Å². The molecule has 2 heterocycles. The number of nitrogens with one attached hydrogen (secondary N) is 1. The lowest BCUT2D eigenvalue weighted by Gasteiger charge is -2.39. The summed E-state index contributed by atoms with van der Waals surface area (Å²) < 4.78 is 23.7. The molecule has 0 aliphatic carbocycles. The first-order valence-corrected chi connectivity index (χ1v) is 11.0. The standard InChI is InChI=1S/C19H30N4O2S/c1-19(2)15-23(11-12-26(19,24)25)18(20-3)21-13-16-9-10-22(14-16)17-7-5-4-6-8-17/h4-8,16H,9-15H2,1-3H3,(H,20,21). The number of sulfone groups is 1. The monoisotopic (exact) mass is 378 g/mol. The molecule has 6 nitrogen and oxygen atoms in total. The van der Waals surface area contributed by atoms with Gasteiger partial charge < -0.3 is 15.1 Å². The van der Waals surface area contributed by atoms with Gasteiger partial charge in [0.05, 0.1) is 10.5 Å². The van der Waals surface area contributed by atoms with Crippen LogP contribution in [0.4, 0.5) is 5.69 Å². The maximum Gasteiger partial charge on any atom is 0.193 e. The topological polar surface area (TPSA) is 65.0 Å². The Morgan fingerprint density at radius 2 is 2.00 bits per heavy atom. The molecule has 0 bridgehead atoms. The zero-order valence-corrected chi connectivity index (χ0v) is 16.8. The summed E-state index contributed by atoms with van der Waals surface area (Å²) in [5, 5.41) is 3.47. The van der Waals surface area contributed by atoms with E-state index in [1.54, 1.807) is 20.9 Å². The Morgan fingerprint density at radius 3 is 2.65 bits per heavy atom. The second kappa shape index (κ2) is 7.47. The van der Waals surface area contributed by atoms with Gasteiger partial charge in [0.25, 0.3) is 0 Å². The Kier molecular flexibility index (Phi) is 5.46. The molecular formula is C19H30N4O2S. The maximum absolute atomic E-state index is 12.2. The third-order valence-electron chi connectivity index (χ3n) is 5.51. The van der Waals surface area contributed by atoms with Crippen LogP contribution in [0.15, 0.2) is 35.3 Å². The third kappa shape index (κ3) is 3.98. The maximum atomic E-state index is 12.2. The van der Waals surface area contributed by atoms with Gasteiger partial charge in [-0.3, -0.25) is 4.99 Å². The average molecular weight is 379 g/mol. The summed E-state index contributed by atoms with van der Waals surface area (Å²) in [6.07, 6.45) is 1.15. The molecule has 2 fully saturated rings. The highest BCUT2D eigenvalue weighted by Gasteiger charge is 2.41. The van der Waals surface area contributed by atoms with Crippen LogP contribution < -0.4 is 10.2 Å². The van der Waals surface area contributed by atoms with E-state index in [0.717, 1.165) is 32.0 Å². The number of rotatable bonds is 3. The van der Waals surface area contributed by atoms with Gasteiger partial charge in [-0.25, -0.2) is 8.42 Å². The van der Waals surface area contributed by atoms with E-state index < -0.39 is 14.6 Å². The molecule has 1 N–H and O–H groups in total. The first-order chi connectivity index (χ1) is 12.3. The van der Waals surface area contributed by atoms with Crippen LogP contribution in [0.25, 0.3) is 0 Å². The molecule has 2 aliphatic rings. The van der Waals surface area contributed by atoms with Crippen LogP contribution in [0.3, 0.4) is 0 Å². The molecule has 2 saturated heterocycles. The van der Waals surface area contributed by atoms with E-state index in [4.69, 9.17) is 0 Å². The Bertz CT molecular complexity index is 746. The minimum Gasteiger partial charge on any atom is -0.371 e. The SMILES string of the molecule is CN=C(NCC1CCN(c2ccccc2)C1)N1CCS(=O)(=O)C(C)(C)C1. The van der Waals surface area contributed by atoms with Gasteiger partial charge in [0, 0.05) is 45.5 Å². The summed E-state index contributed by atoms with van der Waals surface area (Å²) in [6, 6.07) is 10.5. The highest BCUT2D eigenvalue weighted by molar-refractivity contribution is 7.92. The van der Waals surface area contributed by atoms with Gasteiger partial charge in [-0.1, -0.05) is 18.2 Å². The molecule has 2 aliphatic heterocycles. The van der Waals surface area contributed by atoms with Crippen LogP contribution in [0.5, 0.6) is 0 Å². The van der Waals surface area contributed by atoms with E-state index in [2.05, 4.69) is 44.4 Å². The van der Waals surface area contributed by atoms with Crippen LogP contribution in [0.2, 0.25) is 0 Å². The van der Waals surface area contributed by atoms with Crippen LogP contribution in [0.1, 0.15) is 20.3 Å². The number of para-hydroxylation sites is 1. The first kappa shape index (κ1) is 19.0. The Hall–Kier alpha value is -1.76. The lowest BCUT2D eigenvalue weighted by molar-refractivity contribution is 0.351. The van der Waals surface area contributed by atoms with Gasteiger partial charge in [0.15, 0.2) is 15.8 Å². The lowest BCUT2D eigenvalue weighted by atomic mass is 10.1. The van der Waals surface area contributed by atoms with Gasteiger partial charge in [-0.05, 0) is 38.3 Å². The minimum atomic E-state index is -3.04. The number of hydrogen-bond donors (Lipinski definition) is 1. The molecule has 0 aromatic heterocycles. The molecule has 0 amide bonds. The van der Waals surface area contributed by atoms with Crippen molar-refractivity contribution in [2.24, 2.45) is 10.9 Å². The molecule has 7 heteroatoms. The zero-order chi connectivity index (χ0) is 18.8. The van der Waals surface area contributed by atoms with Gasteiger partial charge >= 0.3 is 0 Å². The predicted molar refractivity (Wildman–Crippen MR) is 108 cm³/mol. The van der Waals surface area contributed by atoms with E-state index in [9.17, 15) is 8.42 Å². The Morgan fingerprint density at radius 1 is 1.27 bits per heavy atom. The molecular weight excluding hydrogens is 348 g/mol. The highest BCUT2D eigenvalue weighted by Crippen LogP contribution is 2.25. The largest absolute Gasteiger partial charge is 0.371 e. The summed E-state index contributed by atoms with van der Waals surface area (Å²) in [5.74, 6) is 1.56. The number of anilines is 1. The molecule has 3 rings (SSSR count). The molecule has 0 radical (unpaired) electrons. The quantitative estimate of drug-likeness (QED) is 0.639. The lowest BCUT2D eigenvalue weighted by Crippen LogP contribution is -2.57. The Labute approximate surface area is 157 Å². The van der Waals surface area contributed by atoms with Crippen molar-refractivity contribution in [2.75, 3.05) is 50.4 Å². The van der Waals surface area contributed by atoms with Crippen molar-refractivity contribution in [2.45, 2.75) is 25.0 Å². The van der Waals surface area contributed by atoms with Crippen LogP contribution in [-0.4, -0.2) is 69.5 Å².